The van der Waals surface area contributed by atoms with Crippen molar-refractivity contribution in [3.05, 3.63) is 29.3 Å². The van der Waals surface area contributed by atoms with Gasteiger partial charge in [0.25, 0.3) is 5.91 Å². The van der Waals surface area contributed by atoms with Crippen LogP contribution in [0.1, 0.15) is 26.7 Å². The fraction of sp³-hybridized carbons (Fsp3) is 0.500. The summed E-state index contributed by atoms with van der Waals surface area (Å²) in [5.41, 5.74) is 0. The minimum Gasteiger partial charge on any atom is -0.452 e. The summed E-state index contributed by atoms with van der Waals surface area (Å²) in [5.74, 6) is -2.14. The molecule has 2 rings (SSSR count). The first kappa shape index (κ1) is 23.1. The third-order valence-electron chi connectivity index (χ3n) is 4.41. The molecule has 1 saturated heterocycles. The predicted molar refractivity (Wildman–Crippen MR) is 106 cm³/mol. The predicted octanol–water partition coefficient (Wildman–Crippen LogP) is 1.52. The van der Waals surface area contributed by atoms with Crippen molar-refractivity contribution in [3.8, 4) is 0 Å². The summed E-state index contributed by atoms with van der Waals surface area (Å²) in [6, 6.07) is 5.11. The Bertz CT molecular complexity index is 859. The Morgan fingerprint density at radius 2 is 1.93 bits per heavy atom. The molecule has 0 spiro atoms. The SMILES string of the molecule is CCNC(=O)NC(=O)[C@@H](C)OC(=O)[C@@H]1CCCN(S(=O)(=O)c2ccc(Cl)cc2)C1. The highest BCUT2D eigenvalue weighted by atomic mass is 35.5. The van der Waals surface area contributed by atoms with E-state index in [4.69, 9.17) is 16.3 Å². The zero-order valence-corrected chi connectivity index (χ0v) is 17.8. The first-order valence-electron chi connectivity index (χ1n) is 9.20. The Morgan fingerprint density at radius 1 is 1.28 bits per heavy atom. The van der Waals surface area contributed by atoms with Crippen LogP contribution in [0.4, 0.5) is 4.79 Å². The first-order valence-corrected chi connectivity index (χ1v) is 11.0. The summed E-state index contributed by atoms with van der Waals surface area (Å²) in [4.78, 5) is 35.8. The largest absolute Gasteiger partial charge is 0.452 e. The molecule has 0 bridgehead atoms. The van der Waals surface area contributed by atoms with Crippen molar-refractivity contribution in [1.29, 1.82) is 0 Å². The lowest BCUT2D eigenvalue weighted by molar-refractivity contribution is -0.159. The third-order valence-corrected chi connectivity index (χ3v) is 6.54. The van der Waals surface area contributed by atoms with Crippen LogP contribution in [0.5, 0.6) is 0 Å². The maximum absolute atomic E-state index is 12.8. The highest BCUT2D eigenvalue weighted by Crippen LogP contribution is 2.25. The zero-order chi connectivity index (χ0) is 21.6. The number of nitrogens with zero attached hydrogens (tertiary/aromatic N) is 1. The van der Waals surface area contributed by atoms with E-state index in [-0.39, 0.29) is 18.0 Å². The number of carbonyl (C=O) groups excluding carboxylic acids is 3. The van der Waals surface area contributed by atoms with Gasteiger partial charge in [0.1, 0.15) is 0 Å². The highest BCUT2D eigenvalue weighted by Gasteiger charge is 2.35. The van der Waals surface area contributed by atoms with Crippen LogP contribution in [0, 0.1) is 5.92 Å². The second kappa shape index (κ2) is 10.0. The van der Waals surface area contributed by atoms with Crippen LogP contribution in [0.2, 0.25) is 5.02 Å². The van der Waals surface area contributed by atoms with Gasteiger partial charge in [0.15, 0.2) is 6.10 Å². The van der Waals surface area contributed by atoms with Gasteiger partial charge in [-0.05, 0) is 51.0 Å². The van der Waals surface area contributed by atoms with Gasteiger partial charge in [-0.3, -0.25) is 14.9 Å². The molecular formula is C18H24ClN3O6S. The number of piperidine rings is 1. The van der Waals surface area contributed by atoms with Crippen molar-refractivity contribution in [2.45, 2.75) is 37.7 Å². The van der Waals surface area contributed by atoms with E-state index >= 15 is 0 Å². The van der Waals surface area contributed by atoms with E-state index in [1.807, 2.05) is 0 Å². The lowest BCUT2D eigenvalue weighted by Gasteiger charge is -2.31. The summed E-state index contributed by atoms with van der Waals surface area (Å²) in [6.45, 7) is 3.61. The maximum Gasteiger partial charge on any atom is 0.321 e. The number of benzene rings is 1. The summed E-state index contributed by atoms with van der Waals surface area (Å²) >= 11 is 5.81. The summed E-state index contributed by atoms with van der Waals surface area (Å²) < 4.78 is 32.0. The first-order chi connectivity index (χ1) is 13.6. The van der Waals surface area contributed by atoms with E-state index in [1.54, 1.807) is 6.92 Å². The quantitative estimate of drug-likeness (QED) is 0.640. The van der Waals surface area contributed by atoms with Gasteiger partial charge >= 0.3 is 12.0 Å². The van der Waals surface area contributed by atoms with Gasteiger partial charge < -0.3 is 10.1 Å². The molecule has 1 aliphatic rings. The molecule has 160 valence electrons. The van der Waals surface area contributed by atoms with Crippen molar-refractivity contribution in [2.75, 3.05) is 19.6 Å². The number of imide groups is 1. The van der Waals surface area contributed by atoms with Gasteiger partial charge in [-0.25, -0.2) is 13.2 Å². The molecule has 1 aliphatic heterocycles. The van der Waals surface area contributed by atoms with Crippen LogP contribution >= 0.6 is 11.6 Å². The van der Waals surface area contributed by atoms with E-state index in [1.165, 1.54) is 35.5 Å². The molecular weight excluding hydrogens is 422 g/mol. The maximum atomic E-state index is 12.8. The van der Waals surface area contributed by atoms with Gasteiger partial charge in [-0.1, -0.05) is 11.6 Å². The van der Waals surface area contributed by atoms with Crippen molar-refractivity contribution < 1.29 is 27.5 Å². The molecule has 0 saturated carbocycles. The lowest BCUT2D eigenvalue weighted by atomic mass is 10.00. The molecule has 1 aromatic carbocycles. The Kier molecular flexibility index (Phi) is 8.00. The van der Waals surface area contributed by atoms with Gasteiger partial charge in [0, 0.05) is 24.7 Å². The molecule has 11 heteroatoms. The van der Waals surface area contributed by atoms with Crippen LogP contribution in [0.3, 0.4) is 0 Å². The van der Waals surface area contributed by atoms with E-state index < -0.39 is 40.0 Å². The van der Waals surface area contributed by atoms with Crippen molar-refractivity contribution >= 4 is 39.5 Å². The fourth-order valence-corrected chi connectivity index (χ4v) is 4.50. The number of hydrogen-bond acceptors (Lipinski definition) is 6. The summed E-state index contributed by atoms with van der Waals surface area (Å²) in [7, 11) is -3.78. The molecule has 2 N–H and O–H groups in total. The molecule has 3 amide bonds. The van der Waals surface area contributed by atoms with Crippen LogP contribution in [0.25, 0.3) is 0 Å². The Hall–Kier alpha value is -2.17. The molecule has 0 unspecified atom stereocenters. The van der Waals surface area contributed by atoms with Crippen LogP contribution in [0.15, 0.2) is 29.2 Å². The molecule has 1 heterocycles. The minimum absolute atomic E-state index is 0.0472. The number of rotatable bonds is 6. The second-order valence-electron chi connectivity index (χ2n) is 6.58. The van der Waals surface area contributed by atoms with Crippen LogP contribution in [-0.2, 0) is 24.3 Å². The zero-order valence-electron chi connectivity index (χ0n) is 16.2. The second-order valence-corrected chi connectivity index (χ2v) is 8.96. The van der Waals surface area contributed by atoms with Gasteiger partial charge in [0.05, 0.1) is 10.8 Å². The molecule has 1 fully saturated rings. The van der Waals surface area contributed by atoms with E-state index in [2.05, 4.69) is 10.6 Å². The normalized spacial score (nSPS) is 18.5. The van der Waals surface area contributed by atoms with Crippen LogP contribution < -0.4 is 10.6 Å². The Labute approximate surface area is 174 Å². The number of ether oxygens (including phenoxy) is 1. The third kappa shape index (κ3) is 6.15. The standard InChI is InChI=1S/C18H24ClN3O6S/c1-3-20-18(25)21-16(23)12(2)28-17(24)13-5-4-10-22(11-13)29(26,27)15-8-6-14(19)7-9-15/h6-9,12-13H,3-5,10-11H2,1-2H3,(H2,20,21,23,25)/t12-,13-/m1/s1. The summed E-state index contributed by atoms with van der Waals surface area (Å²) in [6.07, 6.45) is -0.268. The van der Waals surface area contributed by atoms with Gasteiger partial charge in [-0.2, -0.15) is 4.31 Å². The monoisotopic (exact) mass is 445 g/mol. The molecule has 2 atom stereocenters. The highest BCUT2D eigenvalue weighted by molar-refractivity contribution is 7.89. The minimum atomic E-state index is -3.78. The summed E-state index contributed by atoms with van der Waals surface area (Å²) in [5, 5.41) is 4.88. The molecule has 1 aromatic rings. The van der Waals surface area contributed by atoms with Crippen molar-refractivity contribution in [2.24, 2.45) is 5.92 Å². The average Bonchev–Trinajstić information content (AvgIpc) is 2.68. The van der Waals surface area contributed by atoms with Crippen molar-refractivity contribution in [1.82, 2.24) is 14.9 Å². The molecule has 0 aromatic heterocycles. The lowest BCUT2D eigenvalue weighted by Crippen LogP contribution is -2.46. The van der Waals surface area contributed by atoms with Gasteiger partial charge in [-0.15, -0.1) is 0 Å². The number of esters is 1. The number of urea groups is 1. The van der Waals surface area contributed by atoms with Crippen LogP contribution in [-0.4, -0.2) is 56.4 Å². The fourth-order valence-electron chi connectivity index (χ4n) is 2.85. The molecule has 0 radical (unpaired) electrons. The molecule has 9 nitrogen and oxygen atoms in total. The average molecular weight is 446 g/mol. The van der Waals surface area contributed by atoms with Gasteiger partial charge in [0.2, 0.25) is 10.0 Å². The Morgan fingerprint density at radius 3 is 2.55 bits per heavy atom. The number of nitrogens with one attached hydrogen (secondary N) is 2. The smallest absolute Gasteiger partial charge is 0.321 e. The number of amides is 3. The molecule has 0 aliphatic carbocycles. The van der Waals surface area contributed by atoms with Crippen molar-refractivity contribution in [3.63, 3.8) is 0 Å². The number of sulfonamides is 1. The number of carbonyl (C=O) groups is 3. The molecule has 29 heavy (non-hydrogen) atoms. The Balaban J connectivity index is 1.99. The topological polar surface area (TPSA) is 122 Å². The van der Waals surface area contributed by atoms with E-state index in [0.29, 0.717) is 24.4 Å². The number of halogens is 1. The van der Waals surface area contributed by atoms with E-state index in [9.17, 15) is 22.8 Å². The number of hydrogen-bond donors (Lipinski definition) is 2. The van der Waals surface area contributed by atoms with E-state index in [0.717, 1.165) is 0 Å².